The number of rotatable bonds is 3. The first-order valence-electron chi connectivity index (χ1n) is 6.81. The molecular formula is C14H22F3N3O. The van der Waals surface area contributed by atoms with Crippen LogP contribution in [0.25, 0.3) is 0 Å². The van der Waals surface area contributed by atoms with Crippen LogP contribution >= 0.6 is 0 Å². The van der Waals surface area contributed by atoms with Crippen LogP contribution in [-0.4, -0.2) is 21.7 Å². The van der Waals surface area contributed by atoms with Crippen molar-refractivity contribution < 1.29 is 18.0 Å². The van der Waals surface area contributed by atoms with Crippen molar-refractivity contribution in [1.29, 1.82) is 0 Å². The molecule has 1 aromatic rings. The van der Waals surface area contributed by atoms with Gasteiger partial charge < -0.3 is 5.32 Å². The molecule has 0 aliphatic heterocycles. The Hall–Kier alpha value is -1.53. The van der Waals surface area contributed by atoms with E-state index < -0.39 is 29.4 Å². The highest BCUT2D eigenvalue weighted by molar-refractivity contribution is 5.95. The quantitative estimate of drug-likeness (QED) is 0.926. The van der Waals surface area contributed by atoms with E-state index in [1.165, 1.54) is 0 Å². The van der Waals surface area contributed by atoms with Gasteiger partial charge >= 0.3 is 6.18 Å². The molecule has 1 N–H and O–H groups in total. The Bertz CT molecular complexity index is 513. The Labute approximate surface area is 122 Å². The zero-order valence-electron chi connectivity index (χ0n) is 13.2. The van der Waals surface area contributed by atoms with Crippen LogP contribution in [0.15, 0.2) is 6.20 Å². The van der Waals surface area contributed by atoms with E-state index >= 15 is 0 Å². The van der Waals surface area contributed by atoms with Gasteiger partial charge in [0.1, 0.15) is 0 Å². The Morgan fingerprint density at radius 2 is 1.76 bits per heavy atom. The summed E-state index contributed by atoms with van der Waals surface area (Å²) in [7, 11) is 0. The topological polar surface area (TPSA) is 46.9 Å². The van der Waals surface area contributed by atoms with Gasteiger partial charge in [-0.15, -0.1) is 0 Å². The van der Waals surface area contributed by atoms with E-state index in [0.717, 1.165) is 10.9 Å². The van der Waals surface area contributed by atoms with E-state index in [-0.39, 0.29) is 11.5 Å². The average Bonchev–Trinajstić information content (AvgIpc) is 2.71. The summed E-state index contributed by atoms with van der Waals surface area (Å²) in [5.74, 6) is -0.753. The summed E-state index contributed by atoms with van der Waals surface area (Å²) < 4.78 is 40.4. The molecule has 1 rings (SSSR count). The maximum absolute atomic E-state index is 13.2. The second-order valence-corrected chi connectivity index (χ2v) is 6.50. The van der Waals surface area contributed by atoms with Crippen LogP contribution in [0.1, 0.15) is 63.6 Å². The lowest BCUT2D eigenvalue weighted by molar-refractivity contribution is -0.145. The van der Waals surface area contributed by atoms with Crippen molar-refractivity contribution >= 4 is 5.91 Å². The summed E-state index contributed by atoms with van der Waals surface area (Å²) in [6.45, 7) is 10.6. The van der Waals surface area contributed by atoms with Crippen molar-refractivity contribution in [2.75, 3.05) is 0 Å². The minimum Gasteiger partial charge on any atom is -0.349 e. The molecule has 4 nitrogen and oxygen atoms in total. The van der Waals surface area contributed by atoms with Crippen LogP contribution < -0.4 is 5.32 Å². The molecule has 0 bridgehead atoms. The third kappa shape index (κ3) is 3.98. The third-order valence-electron chi connectivity index (χ3n) is 3.44. The predicted octanol–water partition coefficient (Wildman–Crippen LogP) is 3.65. The maximum Gasteiger partial charge on any atom is 0.433 e. The number of carbonyl (C=O) groups is 1. The molecule has 0 saturated carbocycles. The molecule has 0 spiro atoms. The number of nitrogens with one attached hydrogen (secondary N) is 1. The zero-order valence-corrected chi connectivity index (χ0v) is 13.2. The fraction of sp³-hybridized carbons (Fsp3) is 0.714. The van der Waals surface area contributed by atoms with Crippen LogP contribution in [0.5, 0.6) is 0 Å². The standard InChI is InChI=1S/C14H22F3N3O/c1-8(2)20-11(14(15,16)17)10(7-18-20)12(21)19-9(3)13(4,5)6/h7-9H,1-6H3,(H,19,21). The Balaban J connectivity index is 3.17. The Morgan fingerprint density at radius 1 is 1.24 bits per heavy atom. The first-order chi connectivity index (χ1) is 9.35. The number of nitrogens with zero attached hydrogens (tertiary/aromatic N) is 2. The molecule has 1 unspecified atom stereocenters. The summed E-state index contributed by atoms with van der Waals surface area (Å²) in [5.41, 5.74) is -1.69. The van der Waals surface area contributed by atoms with Gasteiger partial charge in [-0.3, -0.25) is 9.48 Å². The lowest BCUT2D eigenvalue weighted by Crippen LogP contribution is -2.42. The largest absolute Gasteiger partial charge is 0.433 e. The van der Waals surface area contributed by atoms with E-state index in [1.54, 1.807) is 20.8 Å². The molecule has 1 amide bonds. The summed E-state index contributed by atoms with van der Waals surface area (Å²) in [6, 6.07) is -0.753. The summed E-state index contributed by atoms with van der Waals surface area (Å²) in [5, 5.41) is 6.32. The second-order valence-electron chi connectivity index (χ2n) is 6.50. The van der Waals surface area contributed by atoms with Crippen molar-refractivity contribution in [3.8, 4) is 0 Å². The van der Waals surface area contributed by atoms with Crippen LogP contribution in [0.4, 0.5) is 13.2 Å². The number of carbonyl (C=O) groups excluding carboxylic acids is 1. The third-order valence-corrected chi connectivity index (χ3v) is 3.44. The van der Waals surface area contributed by atoms with Gasteiger partial charge in [-0.2, -0.15) is 18.3 Å². The predicted molar refractivity (Wildman–Crippen MR) is 74.0 cm³/mol. The molecule has 1 aromatic heterocycles. The highest BCUT2D eigenvalue weighted by atomic mass is 19.4. The minimum absolute atomic E-state index is 0.248. The van der Waals surface area contributed by atoms with Gasteiger partial charge in [-0.1, -0.05) is 20.8 Å². The molecule has 21 heavy (non-hydrogen) atoms. The molecule has 0 aromatic carbocycles. The van der Waals surface area contributed by atoms with Crippen molar-refractivity contribution in [3.05, 3.63) is 17.5 Å². The smallest absolute Gasteiger partial charge is 0.349 e. The normalized spacial score (nSPS) is 14.4. The SMILES string of the molecule is CC(C)n1ncc(C(=O)NC(C)C(C)(C)C)c1C(F)(F)F. The number of hydrogen-bond acceptors (Lipinski definition) is 2. The highest BCUT2D eigenvalue weighted by Gasteiger charge is 2.41. The van der Waals surface area contributed by atoms with Gasteiger partial charge in [0.2, 0.25) is 0 Å². The minimum atomic E-state index is -4.63. The van der Waals surface area contributed by atoms with E-state index in [9.17, 15) is 18.0 Å². The molecule has 0 saturated heterocycles. The van der Waals surface area contributed by atoms with Crippen molar-refractivity contribution in [2.24, 2.45) is 5.41 Å². The van der Waals surface area contributed by atoms with Gasteiger partial charge in [-0.25, -0.2) is 0 Å². The van der Waals surface area contributed by atoms with Crippen LogP contribution in [0, 0.1) is 5.41 Å². The lowest BCUT2D eigenvalue weighted by Gasteiger charge is -2.28. The number of halogens is 3. The summed E-state index contributed by atoms with van der Waals surface area (Å²) in [6.07, 6.45) is -3.65. The fourth-order valence-electron chi connectivity index (χ4n) is 1.69. The molecule has 0 fully saturated rings. The fourth-order valence-corrected chi connectivity index (χ4v) is 1.69. The molecular weight excluding hydrogens is 283 g/mol. The molecule has 0 aliphatic rings. The number of alkyl halides is 3. The van der Waals surface area contributed by atoms with Crippen LogP contribution in [0.3, 0.4) is 0 Å². The number of amides is 1. The number of hydrogen-bond donors (Lipinski definition) is 1. The second kappa shape index (κ2) is 5.69. The highest BCUT2D eigenvalue weighted by Crippen LogP contribution is 2.33. The van der Waals surface area contributed by atoms with Gasteiger partial charge in [0.05, 0.1) is 11.8 Å². The zero-order chi connectivity index (χ0) is 16.6. The lowest BCUT2D eigenvalue weighted by atomic mass is 9.88. The van der Waals surface area contributed by atoms with Crippen molar-refractivity contribution in [1.82, 2.24) is 15.1 Å². The van der Waals surface area contributed by atoms with Crippen LogP contribution in [0.2, 0.25) is 0 Å². The van der Waals surface area contributed by atoms with E-state index in [4.69, 9.17) is 0 Å². The molecule has 0 radical (unpaired) electrons. The van der Waals surface area contributed by atoms with E-state index in [1.807, 2.05) is 20.8 Å². The van der Waals surface area contributed by atoms with Gasteiger partial charge in [0.15, 0.2) is 5.69 Å². The summed E-state index contributed by atoms with van der Waals surface area (Å²) in [4.78, 5) is 12.1. The molecule has 1 heterocycles. The average molecular weight is 305 g/mol. The Kier molecular flexibility index (Phi) is 4.75. The first kappa shape index (κ1) is 17.5. The maximum atomic E-state index is 13.2. The van der Waals surface area contributed by atoms with Gasteiger partial charge in [0.25, 0.3) is 5.91 Å². The van der Waals surface area contributed by atoms with Crippen LogP contribution in [-0.2, 0) is 6.18 Å². The van der Waals surface area contributed by atoms with Gasteiger partial charge in [-0.05, 0) is 26.2 Å². The molecule has 0 aliphatic carbocycles. The monoisotopic (exact) mass is 305 g/mol. The van der Waals surface area contributed by atoms with E-state index in [0.29, 0.717) is 0 Å². The van der Waals surface area contributed by atoms with Gasteiger partial charge in [0, 0.05) is 12.1 Å². The molecule has 1 atom stereocenters. The summed E-state index contributed by atoms with van der Waals surface area (Å²) >= 11 is 0. The van der Waals surface area contributed by atoms with Crippen molar-refractivity contribution in [2.45, 2.75) is 59.8 Å². The van der Waals surface area contributed by atoms with Crippen molar-refractivity contribution in [3.63, 3.8) is 0 Å². The molecule has 120 valence electrons. The van der Waals surface area contributed by atoms with E-state index in [2.05, 4.69) is 10.4 Å². The number of aromatic nitrogens is 2. The first-order valence-corrected chi connectivity index (χ1v) is 6.81. The molecule has 7 heteroatoms. The Morgan fingerprint density at radius 3 is 2.14 bits per heavy atom.